The second-order valence-electron chi connectivity index (χ2n) is 5.12. The molecular formula is C14H18N2O3. The van der Waals surface area contributed by atoms with Crippen molar-refractivity contribution in [1.82, 2.24) is 10.2 Å². The fraction of sp³-hybridized carbons (Fsp3) is 0.429. The predicted octanol–water partition coefficient (Wildman–Crippen LogP) is 0.400. The molecule has 2 rings (SSSR count). The average Bonchev–Trinajstić information content (AvgIpc) is 2.36. The van der Waals surface area contributed by atoms with Gasteiger partial charge >= 0.3 is 0 Å². The molecule has 0 radical (unpaired) electrons. The van der Waals surface area contributed by atoms with Crippen LogP contribution in [0.1, 0.15) is 23.7 Å². The molecule has 5 nitrogen and oxygen atoms in total. The van der Waals surface area contributed by atoms with E-state index in [2.05, 4.69) is 5.32 Å². The zero-order valence-corrected chi connectivity index (χ0v) is 10.9. The first-order valence-electron chi connectivity index (χ1n) is 6.31. The van der Waals surface area contributed by atoms with Crippen molar-refractivity contribution in [1.29, 1.82) is 0 Å². The second kappa shape index (κ2) is 5.40. The van der Waals surface area contributed by atoms with Gasteiger partial charge in [0.25, 0.3) is 5.91 Å². The summed E-state index contributed by atoms with van der Waals surface area (Å²) in [5, 5.41) is 12.2. The fourth-order valence-electron chi connectivity index (χ4n) is 2.09. The van der Waals surface area contributed by atoms with Gasteiger partial charge in [0.1, 0.15) is 0 Å². The number of hydrogen-bond donors (Lipinski definition) is 2. The van der Waals surface area contributed by atoms with E-state index in [1.54, 1.807) is 36.1 Å². The minimum Gasteiger partial charge on any atom is -0.386 e. The number of hydrogen-bond acceptors (Lipinski definition) is 3. The average molecular weight is 262 g/mol. The van der Waals surface area contributed by atoms with Crippen LogP contribution >= 0.6 is 0 Å². The Hall–Kier alpha value is -1.88. The van der Waals surface area contributed by atoms with E-state index in [1.807, 2.05) is 6.07 Å². The van der Waals surface area contributed by atoms with E-state index in [0.717, 1.165) is 0 Å². The first kappa shape index (κ1) is 13.5. The summed E-state index contributed by atoms with van der Waals surface area (Å²) in [5.41, 5.74) is -0.162. The summed E-state index contributed by atoms with van der Waals surface area (Å²) >= 11 is 0. The molecule has 0 aromatic heterocycles. The number of β-amino-alcohol motifs (C(OH)–C–C–N with tert-alkyl or cyclic N) is 1. The van der Waals surface area contributed by atoms with Crippen LogP contribution < -0.4 is 5.32 Å². The van der Waals surface area contributed by atoms with Crippen molar-refractivity contribution in [2.24, 2.45) is 0 Å². The van der Waals surface area contributed by atoms with Gasteiger partial charge in [0, 0.05) is 18.5 Å². The van der Waals surface area contributed by atoms with Gasteiger partial charge in [0.2, 0.25) is 5.91 Å². The largest absolute Gasteiger partial charge is 0.386 e. The molecule has 5 heteroatoms. The summed E-state index contributed by atoms with van der Waals surface area (Å²) in [4.78, 5) is 25.0. The maximum Gasteiger partial charge on any atom is 0.251 e. The predicted molar refractivity (Wildman–Crippen MR) is 70.6 cm³/mol. The number of carbonyl (C=O) groups excluding carboxylic acids is 2. The zero-order valence-electron chi connectivity index (χ0n) is 10.9. The minimum atomic E-state index is -0.747. The van der Waals surface area contributed by atoms with Crippen LogP contribution in [-0.2, 0) is 4.79 Å². The van der Waals surface area contributed by atoms with E-state index in [9.17, 15) is 14.7 Å². The van der Waals surface area contributed by atoms with Crippen molar-refractivity contribution in [3.8, 4) is 0 Å². The molecule has 1 aliphatic rings. The third-order valence-corrected chi connectivity index (χ3v) is 3.08. The fourth-order valence-corrected chi connectivity index (χ4v) is 2.09. The summed E-state index contributed by atoms with van der Waals surface area (Å²) in [6, 6.07) is 8.88. The highest BCUT2D eigenvalue weighted by molar-refractivity contribution is 5.94. The lowest BCUT2D eigenvalue weighted by Crippen LogP contribution is -2.61. The van der Waals surface area contributed by atoms with Gasteiger partial charge in [-0.05, 0) is 19.1 Å². The van der Waals surface area contributed by atoms with Gasteiger partial charge in [-0.25, -0.2) is 0 Å². The van der Waals surface area contributed by atoms with Crippen molar-refractivity contribution in [3.63, 3.8) is 0 Å². The van der Waals surface area contributed by atoms with Crippen molar-refractivity contribution in [2.45, 2.75) is 18.9 Å². The van der Waals surface area contributed by atoms with Crippen molar-refractivity contribution >= 4 is 11.8 Å². The van der Waals surface area contributed by atoms with E-state index in [0.29, 0.717) is 25.2 Å². The Bertz CT molecular complexity index is 463. The van der Waals surface area contributed by atoms with Crippen LogP contribution in [0.5, 0.6) is 0 Å². The van der Waals surface area contributed by atoms with Crippen molar-refractivity contribution < 1.29 is 14.7 Å². The lowest BCUT2D eigenvalue weighted by Gasteiger charge is -2.44. The Morgan fingerprint density at radius 1 is 1.32 bits per heavy atom. The number of aliphatic hydroxyl groups is 1. The van der Waals surface area contributed by atoms with Gasteiger partial charge in [-0.1, -0.05) is 18.2 Å². The lowest BCUT2D eigenvalue weighted by atomic mass is 9.96. The Labute approximate surface area is 112 Å². The Kier molecular flexibility index (Phi) is 3.85. The number of nitrogens with one attached hydrogen (secondary N) is 1. The molecule has 0 bridgehead atoms. The van der Waals surface area contributed by atoms with Gasteiger partial charge < -0.3 is 15.3 Å². The summed E-state index contributed by atoms with van der Waals surface area (Å²) < 4.78 is 0. The molecule has 0 unspecified atom stereocenters. The molecule has 1 aromatic rings. The highest BCUT2D eigenvalue weighted by atomic mass is 16.3. The molecule has 19 heavy (non-hydrogen) atoms. The van der Waals surface area contributed by atoms with Gasteiger partial charge in [0.15, 0.2) is 0 Å². The van der Waals surface area contributed by atoms with Crippen LogP contribution in [0.15, 0.2) is 30.3 Å². The number of carbonyl (C=O) groups is 2. The third kappa shape index (κ3) is 3.54. The quantitative estimate of drug-likeness (QED) is 0.825. The molecule has 0 saturated carbocycles. The van der Waals surface area contributed by atoms with Crippen molar-refractivity contribution in [3.05, 3.63) is 35.9 Å². The molecule has 1 aromatic carbocycles. The van der Waals surface area contributed by atoms with E-state index in [1.165, 1.54) is 0 Å². The maximum atomic E-state index is 11.7. The Balaban J connectivity index is 1.70. The van der Waals surface area contributed by atoms with E-state index < -0.39 is 5.60 Å². The molecule has 2 amide bonds. The summed E-state index contributed by atoms with van der Waals surface area (Å²) in [6.45, 7) is 2.76. The van der Waals surface area contributed by atoms with E-state index in [-0.39, 0.29) is 18.2 Å². The topological polar surface area (TPSA) is 69.6 Å². The molecular weight excluding hydrogens is 244 g/mol. The highest BCUT2D eigenvalue weighted by Crippen LogP contribution is 2.20. The standard InChI is InChI=1S/C14H18N2O3/c1-14(19)9-16(10-14)12(17)7-8-15-13(18)11-5-3-2-4-6-11/h2-6,19H,7-10H2,1H3,(H,15,18). The van der Waals surface area contributed by atoms with Crippen LogP contribution in [0.25, 0.3) is 0 Å². The third-order valence-electron chi connectivity index (χ3n) is 3.08. The smallest absolute Gasteiger partial charge is 0.251 e. The maximum absolute atomic E-state index is 11.7. The van der Waals surface area contributed by atoms with Gasteiger partial charge in [0.05, 0.1) is 18.7 Å². The zero-order chi connectivity index (χ0) is 13.9. The SMILES string of the molecule is CC1(O)CN(C(=O)CCNC(=O)c2ccccc2)C1. The second-order valence-corrected chi connectivity index (χ2v) is 5.12. The van der Waals surface area contributed by atoms with Gasteiger partial charge in [-0.2, -0.15) is 0 Å². The van der Waals surface area contributed by atoms with Crippen LogP contribution in [0.4, 0.5) is 0 Å². The normalized spacial score (nSPS) is 16.6. The van der Waals surface area contributed by atoms with E-state index in [4.69, 9.17) is 0 Å². The summed E-state index contributed by atoms with van der Waals surface area (Å²) in [5.74, 6) is -0.219. The van der Waals surface area contributed by atoms with Crippen LogP contribution in [0, 0.1) is 0 Å². The number of amides is 2. The molecule has 0 aliphatic carbocycles. The number of nitrogens with zero attached hydrogens (tertiary/aromatic N) is 1. The van der Waals surface area contributed by atoms with Crippen LogP contribution in [0.3, 0.4) is 0 Å². The van der Waals surface area contributed by atoms with Crippen molar-refractivity contribution in [2.75, 3.05) is 19.6 Å². The Morgan fingerprint density at radius 3 is 2.53 bits per heavy atom. The molecule has 2 N–H and O–H groups in total. The molecule has 1 aliphatic heterocycles. The number of rotatable bonds is 4. The summed E-state index contributed by atoms with van der Waals surface area (Å²) in [6.07, 6.45) is 0.259. The molecule has 1 fully saturated rings. The van der Waals surface area contributed by atoms with Gasteiger partial charge in [-0.15, -0.1) is 0 Å². The summed E-state index contributed by atoms with van der Waals surface area (Å²) in [7, 11) is 0. The molecule has 102 valence electrons. The van der Waals surface area contributed by atoms with Crippen LogP contribution in [-0.4, -0.2) is 47.1 Å². The monoisotopic (exact) mass is 262 g/mol. The van der Waals surface area contributed by atoms with Crippen LogP contribution in [0.2, 0.25) is 0 Å². The first-order chi connectivity index (χ1) is 8.98. The van der Waals surface area contributed by atoms with E-state index >= 15 is 0 Å². The first-order valence-corrected chi connectivity index (χ1v) is 6.31. The lowest BCUT2D eigenvalue weighted by molar-refractivity contribution is -0.152. The minimum absolute atomic E-state index is 0.0418. The Morgan fingerprint density at radius 2 is 1.95 bits per heavy atom. The molecule has 1 heterocycles. The number of benzene rings is 1. The number of likely N-dealkylation sites (tertiary alicyclic amines) is 1. The highest BCUT2D eigenvalue weighted by Gasteiger charge is 2.38. The molecule has 0 spiro atoms. The van der Waals surface area contributed by atoms with Gasteiger partial charge in [-0.3, -0.25) is 9.59 Å². The molecule has 1 saturated heterocycles. The molecule has 0 atom stereocenters.